The van der Waals surface area contributed by atoms with Crippen LogP contribution in [0.25, 0.3) is 11.1 Å². The molecule has 0 spiro atoms. The Morgan fingerprint density at radius 2 is 2.12 bits per heavy atom. The fourth-order valence-corrected chi connectivity index (χ4v) is 1.53. The molecule has 16 heavy (non-hydrogen) atoms. The van der Waals surface area contributed by atoms with Crippen molar-refractivity contribution in [1.82, 2.24) is 9.78 Å². The number of anilines is 1. The number of aromatic nitrogens is 2. The molecule has 1 aromatic heterocycles. The zero-order chi connectivity index (χ0) is 11.7. The summed E-state index contributed by atoms with van der Waals surface area (Å²) in [5, 5.41) is 4.17. The fourth-order valence-electron chi connectivity index (χ4n) is 1.53. The van der Waals surface area contributed by atoms with Crippen molar-refractivity contribution in [2.75, 3.05) is 5.73 Å². The van der Waals surface area contributed by atoms with E-state index in [1.165, 1.54) is 0 Å². The molecule has 0 atom stereocenters. The summed E-state index contributed by atoms with van der Waals surface area (Å²) in [5.41, 5.74) is 6.93. The van der Waals surface area contributed by atoms with Gasteiger partial charge in [-0.25, -0.2) is 4.39 Å². The molecule has 2 rings (SSSR count). The third-order valence-corrected chi connectivity index (χ3v) is 2.47. The van der Waals surface area contributed by atoms with Crippen LogP contribution in [0.2, 0.25) is 0 Å². The van der Waals surface area contributed by atoms with Crippen molar-refractivity contribution >= 4 is 5.69 Å². The van der Waals surface area contributed by atoms with Crippen LogP contribution < -0.4 is 5.73 Å². The monoisotopic (exact) mass is 219 g/mol. The Kier molecular flexibility index (Phi) is 2.64. The molecular weight excluding hydrogens is 205 g/mol. The van der Waals surface area contributed by atoms with Gasteiger partial charge in [0.05, 0.1) is 11.9 Å². The smallest absolute Gasteiger partial charge is 0.153 e. The summed E-state index contributed by atoms with van der Waals surface area (Å²) < 4.78 is 15.5. The van der Waals surface area contributed by atoms with Crippen LogP contribution in [0.15, 0.2) is 30.6 Å². The summed E-state index contributed by atoms with van der Waals surface area (Å²) in [6.45, 7) is 4.04. The Morgan fingerprint density at radius 1 is 1.38 bits per heavy atom. The van der Waals surface area contributed by atoms with Crippen molar-refractivity contribution in [3.63, 3.8) is 0 Å². The van der Waals surface area contributed by atoms with Gasteiger partial charge < -0.3 is 5.73 Å². The first-order chi connectivity index (χ1) is 7.59. The number of hydrogen-bond donors (Lipinski definition) is 1. The van der Waals surface area contributed by atoms with E-state index in [1.807, 2.05) is 20.0 Å². The lowest BCUT2D eigenvalue weighted by molar-refractivity contribution is 0.532. The number of benzene rings is 1. The van der Waals surface area contributed by atoms with Crippen molar-refractivity contribution in [3.05, 3.63) is 36.4 Å². The molecule has 0 radical (unpaired) electrons. The number of nitrogens with zero attached hydrogens (tertiary/aromatic N) is 2. The molecule has 0 amide bonds. The highest BCUT2D eigenvalue weighted by Gasteiger charge is 2.10. The molecule has 4 heteroatoms. The van der Waals surface area contributed by atoms with Gasteiger partial charge in [0.2, 0.25) is 0 Å². The van der Waals surface area contributed by atoms with E-state index in [0.29, 0.717) is 5.56 Å². The van der Waals surface area contributed by atoms with Crippen molar-refractivity contribution < 1.29 is 4.39 Å². The van der Waals surface area contributed by atoms with Gasteiger partial charge in [0, 0.05) is 23.4 Å². The fraction of sp³-hybridized carbons (Fsp3) is 0.250. The van der Waals surface area contributed by atoms with E-state index >= 15 is 0 Å². The molecule has 0 unspecified atom stereocenters. The molecule has 0 saturated carbocycles. The zero-order valence-electron chi connectivity index (χ0n) is 9.31. The van der Waals surface area contributed by atoms with Gasteiger partial charge in [0.1, 0.15) is 0 Å². The third-order valence-electron chi connectivity index (χ3n) is 2.47. The van der Waals surface area contributed by atoms with E-state index < -0.39 is 0 Å². The van der Waals surface area contributed by atoms with Crippen LogP contribution >= 0.6 is 0 Å². The van der Waals surface area contributed by atoms with Crippen molar-refractivity contribution in [1.29, 1.82) is 0 Å². The van der Waals surface area contributed by atoms with Crippen LogP contribution in [0.3, 0.4) is 0 Å². The van der Waals surface area contributed by atoms with E-state index in [4.69, 9.17) is 5.73 Å². The van der Waals surface area contributed by atoms with Crippen LogP contribution in [0.5, 0.6) is 0 Å². The van der Waals surface area contributed by atoms with Crippen LogP contribution in [0, 0.1) is 5.82 Å². The molecule has 0 saturated heterocycles. The molecule has 3 nitrogen and oxygen atoms in total. The minimum Gasteiger partial charge on any atom is -0.396 e. The highest BCUT2D eigenvalue weighted by molar-refractivity contribution is 5.67. The second-order valence-electron chi connectivity index (χ2n) is 4.01. The quantitative estimate of drug-likeness (QED) is 0.789. The second kappa shape index (κ2) is 3.96. The van der Waals surface area contributed by atoms with Crippen LogP contribution in [-0.2, 0) is 0 Å². The highest BCUT2D eigenvalue weighted by atomic mass is 19.1. The number of rotatable bonds is 2. The highest BCUT2D eigenvalue weighted by Crippen LogP contribution is 2.26. The largest absolute Gasteiger partial charge is 0.396 e. The summed E-state index contributed by atoms with van der Waals surface area (Å²) in [4.78, 5) is 0. The molecule has 0 aliphatic carbocycles. The summed E-state index contributed by atoms with van der Waals surface area (Å²) in [6, 6.07) is 5.25. The predicted molar refractivity (Wildman–Crippen MR) is 62.4 cm³/mol. The zero-order valence-corrected chi connectivity index (χ0v) is 9.31. The summed E-state index contributed by atoms with van der Waals surface area (Å²) >= 11 is 0. The van der Waals surface area contributed by atoms with Crippen molar-refractivity contribution in [2.45, 2.75) is 19.9 Å². The average molecular weight is 219 g/mol. The first kappa shape index (κ1) is 10.7. The molecule has 1 heterocycles. The lowest BCUT2D eigenvalue weighted by Gasteiger charge is -2.04. The number of halogens is 1. The molecule has 0 bridgehead atoms. The maximum Gasteiger partial charge on any atom is 0.153 e. The Morgan fingerprint density at radius 3 is 2.75 bits per heavy atom. The summed E-state index contributed by atoms with van der Waals surface area (Å²) in [5.74, 6) is -0.384. The van der Waals surface area contributed by atoms with Gasteiger partial charge in [-0.3, -0.25) is 4.68 Å². The molecule has 2 aromatic rings. The lowest BCUT2D eigenvalue weighted by atomic mass is 10.1. The van der Waals surface area contributed by atoms with E-state index in [2.05, 4.69) is 5.10 Å². The second-order valence-corrected chi connectivity index (χ2v) is 4.01. The number of nitrogen functional groups attached to an aromatic ring is 1. The molecule has 0 aliphatic heterocycles. The van der Waals surface area contributed by atoms with Crippen molar-refractivity contribution in [2.24, 2.45) is 0 Å². The molecule has 84 valence electrons. The Labute approximate surface area is 93.7 Å². The Balaban J connectivity index is 2.47. The average Bonchev–Trinajstić information content (AvgIpc) is 2.71. The predicted octanol–water partition coefficient (Wildman–Crippen LogP) is 2.85. The summed E-state index contributed by atoms with van der Waals surface area (Å²) in [6.07, 6.45) is 3.47. The van der Waals surface area contributed by atoms with Gasteiger partial charge in [0.15, 0.2) is 5.82 Å². The molecule has 2 N–H and O–H groups in total. The molecule has 1 aromatic carbocycles. The normalized spacial score (nSPS) is 11.0. The molecular formula is C12H14FN3. The van der Waals surface area contributed by atoms with E-state index in [-0.39, 0.29) is 17.5 Å². The Hall–Kier alpha value is -1.84. The maximum atomic E-state index is 13.7. The van der Waals surface area contributed by atoms with Crippen molar-refractivity contribution in [3.8, 4) is 11.1 Å². The Bertz CT molecular complexity index is 503. The minimum atomic E-state index is -0.384. The van der Waals surface area contributed by atoms with E-state index in [9.17, 15) is 4.39 Å². The standard InChI is InChI=1S/C12H14FN3/c1-8(2)16-7-9(6-15-16)10-4-3-5-11(14)12(10)13/h3-8H,14H2,1-2H3. The first-order valence-electron chi connectivity index (χ1n) is 5.18. The molecule has 0 fully saturated rings. The first-order valence-corrected chi connectivity index (χ1v) is 5.18. The summed E-state index contributed by atoms with van der Waals surface area (Å²) in [7, 11) is 0. The minimum absolute atomic E-state index is 0.162. The van der Waals surface area contributed by atoms with E-state index in [0.717, 1.165) is 5.56 Å². The topological polar surface area (TPSA) is 43.8 Å². The van der Waals surface area contributed by atoms with Gasteiger partial charge in [0.25, 0.3) is 0 Å². The van der Waals surface area contributed by atoms with Gasteiger partial charge in [-0.2, -0.15) is 5.10 Å². The maximum absolute atomic E-state index is 13.7. The number of nitrogens with two attached hydrogens (primary N) is 1. The van der Waals surface area contributed by atoms with Crippen LogP contribution in [0.1, 0.15) is 19.9 Å². The van der Waals surface area contributed by atoms with Gasteiger partial charge in [-0.1, -0.05) is 12.1 Å². The lowest BCUT2D eigenvalue weighted by Crippen LogP contribution is -1.99. The van der Waals surface area contributed by atoms with Gasteiger partial charge in [-0.15, -0.1) is 0 Å². The van der Waals surface area contributed by atoms with Crippen LogP contribution in [0.4, 0.5) is 10.1 Å². The van der Waals surface area contributed by atoms with Gasteiger partial charge in [-0.05, 0) is 19.9 Å². The number of hydrogen-bond acceptors (Lipinski definition) is 2. The molecule has 0 aliphatic rings. The SMILES string of the molecule is CC(C)n1cc(-c2cccc(N)c2F)cn1. The van der Waals surface area contributed by atoms with Gasteiger partial charge >= 0.3 is 0 Å². The third kappa shape index (κ3) is 1.78. The van der Waals surface area contributed by atoms with Crippen LogP contribution in [-0.4, -0.2) is 9.78 Å². The van der Waals surface area contributed by atoms with E-state index in [1.54, 1.807) is 29.1 Å².